The minimum absolute atomic E-state index is 0. The predicted octanol–water partition coefficient (Wildman–Crippen LogP) is 4.10. The fourth-order valence-corrected chi connectivity index (χ4v) is 5.08. The largest absolute Gasteiger partial charge is 2.00 e. The van der Waals surface area contributed by atoms with E-state index in [0.717, 1.165) is 59.8 Å². The summed E-state index contributed by atoms with van der Waals surface area (Å²) < 4.78 is 21.1. The number of hydrogen-bond acceptors (Lipinski definition) is 6. The van der Waals surface area contributed by atoms with Crippen LogP contribution in [0.15, 0.2) is 85.2 Å². The molecule has 0 spiro atoms. The molecule has 242 valence electrons. The van der Waals surface area contributed by atoms with Gasteiger partial charge in [-0.25, -0.2) is 0 Å². The van der Waals surface area contributed by atoms with Crippen molar-refractivity contribution in [1.29, 1.82) is 0 Å². The molecule has 0 fully saturated rings. The minimum atomic E-state index is 0. The molecule has 4 aromatic rings. The number of pyridine rings is 2. The number of aromatic nitrogens is 2. The van der Waals surface area contributed by atoms with Gasteiger partial charge in [-0.15, -0.1) is 0 Å². The van der Waals surface area contributed by atoms with Crippen LogP contribution in [0, 0.1) is 0 Å². The summed E-state index contributed by atoms with van der Waals surface area (Å²) in [6, 6.07) is 25.4. The molecule has 4 rings (SSSR count). The summed E-state index contributed by atoms with van der Waals surface area (Å²) in [4.78, 5) is 12.0. The molecule has 0 unspecified atom stereocenters. The molecular formula is C38H48N4O4Zn+4. The van der Waals surface area contributed by atoms with Crippen LogP contribution >= 0.6 is 0 Å². The van der Waals surface area contributed by atoms with Crippen LogP contribution in [0.5, 0.6) is 0 Å². The quantitative estimate of drug-likeness (QED) is 0.145. The van der Waals surface area contributed by atoms with Gasteiger partial charge in [0.25, 0.3) is 0 Å². The maximum absolute atomic E-state index is 5.29. The molecular weight excluding hydrogens is 642 g/mol. The van der Waals surface area contributed by atoms with Gasteiger partial charge < -0.3 is 18.9 Å². The standard InChI is InChI=1S/C38H46N4O4.Zn/c1-43-25-21-41(22-26-44-2)35-15-9-31(10-16-35)5-7-33-13-19-37(39-29-33)38-20-14-34(30-40-38)8-6-32-11-17-36(18-12-32)42(23-27-45-3)24-28-46-4;/h5-20,29-30H,21-28H2,1-4H3;/q;+2/p+2/b7-5+,8-6+;. The first-order chi connectivity index (χ1) is 22.6. The van der Waals surface area contributed by atoms with Crippen molar-refractivity contribution in [2.45, 2.75) is 0 Å². The number of quaternary nitrogens is 2. The zero-order valence-corrected chi connectivity index (χ0v) is 31.3. The van der Waals surface area contributed by atoms with Crippen LogP contribution in [0.1, 0.15) is 22.3 Å². The third-order valence-corrected chi connectivity index (χ3v) is 7.84. The number of ether oxygens (including phenoxy) is 4. The normalized spacial score (nSPS) is 11.6. The van der Waals surface area contributed by atoms with E-state index in [0.29, 0.717) is 26.4 Å². The van der Waals surface area contributed by atoms with Gasteiger partial charge in [-0.2, -0.15) is 0 Å². The fraction of sp³-hybridized carbons (Fsp3) is 0.316. The molecule has 2 heterocycles. The summed E-state index contributed by atoms with van der Waals surface area (Å²) in [5, 5.41) is 0. The van der Waals surface area contributed by atoms with Crippen molar-refractivity contribution < 1.29 is 48.2 Å². The van der Waals surface area contributed by atoms with Crippen LogP contribution < -0.4 is 9.80 Å². The van der Waals surface area contributed by atoms with Gasteiger partial charge in [0.2, 0.25) is 0 Å². The topological polar surface area (TPSA) is 71.6 Å². The van der Waals surface area contributed by atoms with Crippen molar-refractivity contribution in [2.24, 2.45) is 0 Å². The minimum Gasteiger partial charge on any atom is -0.379 e. The molecule has 0 bridgehead atoms. The summed E-state index contributed by atoms with van der Waals surface area (Å²) in [6.45, 7) is 6.46. The van der Waals surface area contributed by atoms with Crippen LogP contribution in [0.2, 0.25) is 0 Å². The van der Waals surface area contributed by atoms with Crippen LogP contribution in [0.4, 0.5) is 11.4 Å². The number of nitrogens with one attached hydrogen (secondary N) is 2. The number of benzene rings is 2. The Kier molecular flexibility index (Phi) is 17.4. The molecule has 0 aliphatic rings. The second-order valence-corrected chi connectivity index (χ2v) is 11.0. The van der Waals surface area contributed by atoms with Crippen LogP contribution in [0.3, 0.4) is 0 Å². The summed E-state index contributed by atoms with van der Waals surface area (Å²) >= 11 is 0. The summed E-state index contributed by atoms with van der Waals surface area (Å²) in [6.07, 6.45) is 12.1. The van der Waals surface area contributed by atoms with Crippen molar-refractivity contribution in [3.8, 4) is 11.4 Å². The van der Waals surface area contributed by atoms with Gasteiger partial charge in [-0.05, 0) is 82.9 Å². The second-order valence-electron chi connectivity index (χ2n) is 11.0. The zero-order chi connectivity index (χ0) is 32.4. The first-order valence-electron chi connectivity index (χ1n) is 15.8. The Labute approximate surface area is 292 Å². The monoisotopic (exact) mass is 688 g/mol. The average Bonchev–Trinajstić information content (AvgIpc) is 3.11. The molecule has 0 aliphatic heterocycles. The molecule has 0 amide bonds. The van der Waals surface area contributed by atoms with E-state index in [2.05, 4.69) is 94.9 Å². The number of rotatable bonds is 19. The Balaban J connectivity index is 0.00000600. The Morgan fingerprint density at radius 3 is 1.02 bits per heavy atom. The Bertz CT molecular complexity index is 1350. The zero-order valence-electron chi connectivity index (χ0n) is 28.3. The summed E-state index contributed by atoms with van der Waals surface area (Å²) in [5.74, 6) is 0. The van der Waals surface area contributed by atoms with Gasteiger partial charge in [-0.3, -0.25) is 19.8 Å². The summed E-state index contributed by atoms with van der Waals surface area (Å²) in [7, 11) is 6.95. The molecule has 8 nitrogen and oxygen atoms in total. The smallest absolute Gasteiger partial charge is 0.379 e. The Morgan fingerprint density at radius 1 is 0.447 bits per heavy atom. The molecule has 47 heavy (non-hydrogen) atoms. The SMILES string of the molecule is COCC[NH+](CCOC)c1ccc(/C=C/c2ccc(-c3ccc(/C=C/c4ccc([NH+](CCOC)CCOC)cc4)cn3)nc2)cc1.[Zn+2]. The Morgan fingerprint density at radius 2 is 0.745 bits per heavy atom. The number of hydrogen-bond donors (Lipinski definition) is 2. The van der Waals surface area contributed by atoms with E-state index in [1.165, 1.54) is 21.2 Å². The molecule has 0 aliphatic carbocycles. The van der Waals surface area contributed by atoms with E-state index in [9.17, 15) is 0 Å². The van der Waals surface area contributed by atoms with Gasteiger partial charge in [0.15, 0.2) is 0 Å². The van der Waals surface area contributed by atoms with Crippen molar-refractivity contribution >= 4 is 35.7 Å². The predicted molar refractivity (Wildman–Crippen MR) is 186 cm³/mol. The first kappa shape index (κ1) is 38.1. The molecule has 0 atom stereocenters. The molecule has 2 aromatic heterocycles. The molecule has 0 saturated heterocycles. The van der Waals surface area contributed by atoms with Crippen LogP contribution in [0.25, 0.3) is 35.7 Å². The van der Waals surface area contributed by atoms with E-state index in [1.54, 1.807) is 28.4 Å². The van der Waals surface area contributed by atoms with Gasteiger partial charge >= 0.3 is 19.5 Å². The Hall–Kier alpha value is -3.40. The molecule has 2 N–H and O–H groups in total. The van der Waals surface area contributed by atoms with E-state index >= 15 is 0 Å². The number of methoxy groups -OCH3 is 4. The number of nitrogens with zero attached hydrogens (tertiary/aromatic N) is 2. The van der Waals surface area contributed by atoms with Gasteiger partial charge in [-0.1, -0.05) is 36.4 Å². The third-order valence-electron chi connectivity index (χ3n) is 7.84. The maximum Gasteiger partial charge on any atom is 2.00 e. The van der Waals surface area contributed by atoms with Crippen molar-refractivity contribution in [2.75, 3.05) is 81.0 Å². The van der Waals surface area contributed by atoms with Crippen molar-refractivity contribution in [3.63, 3.8) is 0 Å². The molecule has 9 heteroatoms. The molecule has 0 saturated carbocycles. The third kappa shape index (κ3) is 12.6. The van der Waals surface area contributed by atoms with Crippen molar-refractivity contribution in [3.05, 3.63) is 107 Å². The van der Waals surface area contributed by atoms with Gasteiger partial charge in [0.1, 0.15) is 37.6 Å². The van der Waals surface area contributed by atoms with E-state index < -0.39 is 0 Å². The van der Waals surface area contributed by atoms with Gasteiger partial charge in [0, 0.05) is 40.8 Å². The van der Waals surface area contributed by atoms with E-state index in [-0.39, 0.29) is 19.5 Å². The van der Waals surface area contributed by atoms with E-state index in [1.807, 2.05) is 24.5 Å². The fourth-order valence-electron chi connectivity index (χ4n) is 5.08. The summed E-state index contributed by atoms with van der Waals surface area (Å²) in [5.41, 5.74) is 8.51. The molecule has 2 aromatic carbocycles. The second kappa shape index (κ2) is 21.5. The first-order valence-corrected chi connectivity index (χ1v) is 15.8. The average molecular weight is 690 g/mol. The van der Waals surface area contributed by atoms with Crippen LogP contribution in [-0.2, 0) is 38.4 Å². The van der Waals surface area contributed by atoms with Crippen molar-refractivity contribution in [1.82, 2.24) is 9.97 Å². The maximum atomic E-state index is 5.29. The van der Waals surface area contributed by atoms with E-state index in [4.69, 9.17) is 18.9 Å². The van der Waals surface area contributed by atoms with Crippen LogP contribution in [-0.4, -0.2) is 91.0 Å². The van der Waals surface area contributed by atoms with Gasteiger partial charge in [0.05, 0.1) is 37.8 Å². The molecule has 0 radical (unpaired) electrons.